The summed E-state index contributed by atoms with van der Waals surface area (Å²) in [7, 11) is 0. The molecule has 4 aliphatic rings. The Bertz CT molecular complexity index is 1680. The molecule has 2 aromatic carbocycles. The number of anilines is 2. The molecule has 44 heavy (non-hydrogen) atoms. The lowest BCUT2D eigenvalue weighted by atomic mass is 9.45. The van der Waals surface area contributed by atoms with Crippen LogP contribution in [0.5, 0.6) is 0 Å². The van der Waals surface area contributed by atoms with Gasteiger partial charge in [0.15, 0.2) is 5.96 Å². The molecule has 10 nitrogen and oxygen atoms in total. The van der Waals surface area contributed by atoms with Crippen LogP contribution >= 0.6 is 23.2 Å². The number of fused-ring (bicyclic) bond motifs is 3. The van der Waals surface area contributed by atoms with E-state index in [9.17, 15) is 14.7 Å². The fourth-order valence-electron chi connectivity index (χ4n) is 7.10. The lowest BCUT2D eigenvalue weighted by Crippen LogP contribution is -2.58. The number of β-amino-alcohol motifs (C(OH)–C–C–N with tert-alkyl or cyclic N) is 1. The van der Waals surface area contributed by atoms with Gasteiger partial charge in [-0.05, 0) is 78.3 Å². The molecule has 7 rings (SSSR count). The van der Waals surface area contributed by atoms with Crippen LogP contribution in [-0.2, 0) is 17.8 Å². The van der Waals surface area contributed by atoms with Crippen LogP contribution in [0, 0.1) is 23.2 Å². The van der Waals surface area contributed by atoms with Crippen LogP contribution in [0.1, 0.15) is 46.1 Å². The van der Waals surface area contributed by atoms with Gasteiger partial charge in [0.05, 0.1) is 23.0 Å². The third-order valence-corrected chi connectivity index (χ3v) is 10.5. The number of hydrogen-bond acceptors (Lipinski definition) is 6. The first-order valence-corrected chi connectivity index (χ1v) is 15.9. The SMILES string of the molecule is CC(=O)NNc1nc2cc(N/C(=N/C3C[C@@H]4C[C@H]([C@@H]3C)C4(C)C)N3CC(O)C3)ccc2c(=O)n1CCc1ccc(Cl)cc1Cl. The van der Waals surface area contributed by atoms with Gasteiger partial charge in [0.2, 0.25) is 11.9 Å². The van der Waals surface area contributed by atoms with Gasteiger partial charge in [-0.25, -0.2) is 9.98 Å². The summed E-state index contributed by atoms with van der Waals surface area (Å²) in [5.74, 6) is 2.43. The number of aromatic nitrogens is 2. The Hall–Kier alpha value is -3.34. The monoisotopic (exact) mass is 639 g/mol. The number of aliphatic hydroxyl groups is 1. The van der Waals surface area contributed by atoms with Crippen molar-refractivity contribution in [2.24, 2.45) is 28.2 Å². The minimum atomic E-state index is -0.375. The summed E-state index contributed by atoms with van der Waals surface area (Å²) in [5.41, 5.74) is 7.48. The quantitative estimate of drug-likeness (QED) is 0.164. The van der Waals surface area contributed by atoms with Crippen molar-refractivity contribution >= 4 is 57.6 Å². The summed E-state index contributed by atoms with van der Waals surface area (Å²) >= 11 is 12.4. The minimum absolute atomic E-state index is 0.206. The van der Waals surface area contributed by atoms with E-state index in [1.165, 1.54) is 17.9 Å². The standard InChI is InChI=1S/C32H39Cl2N7O3/c1-17-25-11-20(32(25,3)4)12-27(17)36-30(40-15-23(43)16-40)35-22-7-8-24-28(14-22)37-31(39-38-18(2)42)41(29(24)44)10-9-19-5-6-21(33)13-26(19)34/h5-8,13-14,17,20,23,25,27,43H,9-12,15-16H2,1-4H3,(H,35,36)(H,37,39)(H,38,42)/t17-,20-,25+,27?/m0/s1. The number of benzene rings is 2. The predicted molar refractivity (Wildman–Crippen MR) is 175 cm³/mol. The van der Waals surface area contributed by atoms with Gasteiger partial charge in [0.25, 0.3) is 5.56 Å². The first kappa shape index (κ1) is 30.7. The zero-order valence-electron chi connectivity index (χ0n) is 25.4. The molecule has 3 aliphatic carbocycles. The zero-order valence-corrected chi connectivity index (χ0v) is 26.9. The number of aliphatic hydroxyl groups excluding tert-OH is 1. The second kappa shape index (κ2) is 11.9. The van der Waals surface area contributed by atoms with Gasteiger partial charge in [-0.1, -0.05) is 50.0 Å². The van der Waals surface area contributed by atoms with Crippen molar-refractivity contribution in [1.29, 1.82) is 0 Å². The van der Waals surface area contributed by atoms with E-state index in [0.717, 1.165) is 23.6 Å². The number of hydrogen-bond donors (Lipinski definition) is 4. The molecule has 12 heteroatoms. The van der Waals surface area contributed by atoms with E-state index in [1.807, 2.05) is 18.2 Å². The predicted octanol–water partition coefficient (Wildman–Crippen LogP) is 4.92. The first-order chi connectivity index (χ1) is 20.9. The highest BCUT2D eigenvalue weighted by atomic mass is 35.5. The van der Waals surface area contributed by atoms with Gasteiger partial charge in [0, 0.05) is 42.3 Å². The number of likely N-dealkylation sites (tertiary alicyclic amines) is 1. The molecule has 1 unspecified atom stereocenters. The number of carbonyl (C=O) groups excluding carboxylic acids is 1. The highest BCUT2D eigenvalue weighted by Gasteiger charge is 2.56. The number of carbonyl (C=O) groups is 1. The van der Waals surface area contributed by atoms with Crippen LogP contribution in [0.3, 0.4) is 0 Å². The fraction of sp³-hybridized carbons (Fsp3) is 0.500. The van der Waals surface area contributed by atoms with E-state index in [1.54, 1.807) is 18.2 Å². The second-order valence-corrected chi connectivity index (χ2v) is 13.9. The van der Waals surface area contributed by atoms with E-state index in [0.29, 0.717) is 63.6 Å². The molecule has 234 valence electrons. The summed E-state index contributed by atoms with van der Waals surface area (Å²) in [4.78, 5) is 37.4. The lowest BCUT2D eigenvalue weighted by Gasteiger charge is -2.61. The molecule has 4 atom stereocenters. The van der Waals surface area contributed by atoms with Crippen molar-refractivity contribution in [3.8, 4) is 0 Å². The van der Waals surface area contributed by atoms with Crippen molar-refractivity contribution in [1.82, 2.24) is 19.9 Å². The Morgan fingerprint density at radius 1 is 1.16 bits per heavy atom. The van der Waals surface area contributed by atoms with E-state index < -0.39 is 0 Å². The van der Waals surface area contributed by atoms with Crippen molar-refractivity contribution in [3.05, 3.63) is 62.4 Å². The Balaban J connectivity index is 1.29. The summed E-state index contributed by atoms with van der Waals surface area (Å²) in [5, 5.41) is 15.0. The van der Waals surface area contributed by atoms with Gasteiger partial charge in [-0.2, -0.15) is 0 Å². The Labute approximate surface area is 266 Å². The zero-order chi connectivity index (χ0) is 31.3. The van der Waals surface area contributed by atoms with Crippen LogP contribution < -0.4 is 21.7 Å². The van der Waals surface area contributed by atoms with Gasteiger partial charge in [0.1, 0.15) is 0 Å². The summed E-state index contributed by atoms with van der Waals surface area (Å²) in [6, 6.07) is 10.9. The van der Waals surface area contributed by atoms with Gasteiger partial charge >= 0.3 is 0 Å². The largest absolute Gasteiger partial charge is 0.389 e. The minimum Gasteiger partial charge on any atom is -0.389 e. The maximum Gasteiger partial charge on any atom is 0.262 e. The van der Waals surface area contributed by atoms with Crippen LogP contribution in [0.15, 0.2) is 46.2 Å². The maximum absolute atomic E-state index is 13.7. The molecule has 4 fully saturated rings. The number of hydrazine groups is 1. The fourth-order valence-corrected chi connectivity index (χ4v) is 7.61. The summed E-state index contributed by atoms with van der Waals surface area (Å²) < 4.78 is 1.49. The van der Waals surface area contributed by atoms with Crippen molar-refractivity contribution in [2.45, 2.75) is 65.6 Å². The first-order valence-electron chi connectivity index (χ1n) is 15.2. The van der Waals surface area contributed by atoms with Crippen LogP contribution in [0.2, 0.25) is 10.0 Å². The van der Waals surface area contributed by atoms with Gasteiger partial charge in [-0.3, -0.25) is 25.0 Å². The van der Waals surface area contributed by atoms with Crippen molar-refractivity contribution in [3.63, 3.8) is 0 Å². The highest BCUT2D eigenvalue weighted by Crippen LogP contribution is 2.61. The summed E-state index contributed by atoms with van der Waals surface area (Å²) in [6.45, 7) is 9.76. The number of aryl methyl sites for hydroxylation is 1. The molecule has 2 bridgehead atoms. The number of guanidine groups is 1. The van der Waals surface area contributed by atoms with E-state index in [-0.39, 0.29) is 36.1 Å². The van der Waals surface area contributed by atoms with Crippen LogP contribution in [0.4, 0.5) is 11.6 Å². The molecular formula is C32H39Cl2N7O3. The average Bonchev–Trinajstić information content (AvgIpc) is 2.95. The number of halogens is 2. The summed E-state index contributed by atoms with van der Waals surface area (Å²) in [6.07, 6.45) is 2.42. The molecular weight excluding hydrogens is 601 g/mol. The highest BCUT2D eigenvalue weighted by molar-refractivity contribution is 6.35. The van der Waals surface area contributed by atoms with E-state index >= 15 is 0 Å². The molecule has 3 saturated carbocycles. The number of amides is 1. The molecule has 0 radical (unpaired) electrons. The van der Waals surface area contributed by atoms with Gasteiger partial charge in [-0.15, -0.1) is 0 Å². The second-order valence-electron chi connectivity index (χ2n) is 13.1. The number of nitrogens with one attached hydrogen (secondary N) is 3. The van der Waals surface area contributed by atoms with Crippen molar-refractivity contribution in [2.75, 3.05) is 23.8 Å². The molecule has 1 saturated heterocycles. The Morgan fingerprint density at radius 2 is 1.93 bits per heavy atom. The van der Waals surface area contributed by atoms with Crippen molar-refractivity contribution < 1.29 is 9.90 Å². The van der Waals surface area contributed by atoms with E-state index in [2.05, 4.69) is 41.8 Å². The third-order valence-electron chi connectivity index (χ3n) is 9.95. The Morgan fingerprint density at radius 3 is 2.59 bits per heavy atom. The third kappa shape index (κ3) is 5.87. The maximum atomic E-state index is 13.7. The average molecular weight is 641 g/mol. The molecule has 2 heterocycles. The van der Waals surface area contributed by atoms with Crippen LogP contribution in [-0.4, -0.2) is 56.7 Å². The smallest absolute Gasteiger partial charge is 0.262 e. The normalized spacial score (nSPS) is 24.4. The molecule has 3 aromatic rings. The lowest BCUT2D eigenvalue weighted by molar-refractivity contribution is -0.118. The molecule has 1 aliphatic heterocycles. The van der Waals surface area contributed by atoms with E-state index in [4.69, 9.17) is 33.2 Å². The number of rotatable bonds is 7. The van der Waals surface area contributed by atoms with Crippen LogP contribution in [0.25, 0.3) is 10.9 Å². The molecule has 1 aromatic heterocycles. The molecule has 0 spiro atoms. The molecule has 1 amide bonds. The number of aliphatic imine (C=N–C) groups is 1. The Kier molecular flexibility index (Phi) is 8.28. The van der Waals surface area contributed by atoms with Gasteiger partial charge < -0.3 is 15.3 Å². The molecule has 4 N–H and O–H groups in total. The number of nitrogens with zero attached hydrogens (tertiary/aromatic N) is 4. The topological polar surface area (TPSA) is 124 Å².